The van der Waals surface area contributed by atoms with Crippen LogP contribution in [0.2, 0.25) is 0 Å². The highest BCUT2D eigenvalue weighted by Gasteiger charge is 2.19. The Morgan fingerprint density at radius 2 is 2.00 bits per heavy atom. The van der Waals surface area contributed by atoms with Gasteiger partial charge in [-0.3, -0.25) is 0 Å². The Morgan fingerprint density at radius 1 is 1.33 bits per heavy atom. The molecular weight excluding hydrogens is 204 g/mol. The first-order chi connectivity index (χ1) is 7.24. The summed E-state index contributed by atoms with van der Waals surface area (Å²) in [4.78, 5) is 2.49. The van der Waals surface area contributed by atoms with E-state index in [1.807, 2.05) is 11.8 Å². The molecule has 90 valence electrons. The van der Waals surface area contributed by atoms with Crippen molar-refractivity contribution in [2.24, 2.45) is 5.73 Å². The molecule has 0 spiro atoms. The van der Waals surface area contributed by atoms with Gasteiger partial charge in [-0.15, -0.1) is 0 Å². The van der Waals surface area contributed by atoms with Crippen LogP contribution in [0.5, 0.6) is 0 Å². The van der Waals surface area contributed by atoms with Gasteiger partial charge in [0.05, 0.1) is 0 Å². The molecule has 0 aromatic heterocycles. The predicted molar refractivity (Wildman–Crippen MR) is 70.5 cm³/mol. The molecule has 0 unspecified atom stereocenters. The van der Waals surface area contributed by atoms with Crippen LogP contribution in [0.3, 0.4) is 0 Å². The summed E-state index contributed by atoms with van der Waals surface area (Å²) in [5.74, 6) is 1.19. The molecule has 1 aliphatic rings. The normalized spacial score (nSPS) is 20.8. The maximum absolute atomic E-state index is 6.11. The summed E-state index contributed by atoms with van der Waals surface area (Å²) in [6.07, 6.45) is 10.3. The molecule has 1 rings (SSSR count). The molecule has 1 fully saturated rings. The SMILES string of the molecule is CSCC[C@@H](N)CN(C)C1CCCCC1. The third-order valence-electron chi connectivity index (χ3n) is 3.41. The Hall–Kier alpha value is 0.270. The van der Waals surface area contributed by atoms with Gasteiger partial charge in [0.1, 0.15) is 0 Å². The summed E-state index contributed by atoms with van der Waals surface area (Å²) >= 11 is 1.89. The van der Waals surface area contributed by atoms with Gasteiger partial charge in [-0.05, 0) is 38.3 Å². The van der Waals surface area contributed by atoms with E-state index in [0.717, 1.165) is 19.0 Å². The molecule has 0 bridgehead atoms. The van der Waals surface area contributed by atoms with Crippen molar-refractivity contribution in [1.29, 1.82) is 0 Å². The van der Waals surface area contributed by atoms with Crippen LogP contribution in [0, 0.1) is 0 Å². The zero-order chi connectivity index (χ0) is 11.1. The Bertz CT molecular complexity index is 158. The van der Waals surface area contributed by atoms with E-state index in [4.69, 9.17) is 5.73 Å². The number of hydrogen-bond donors (Lipinski definition) is 1. The average Bonchev–Trinajstić information content (AvgIpc) is 2.27. The van der Waals surface area contributed by atoms with E-state index < -0.39 is 0 Å². The average molecular weight is 230 g/mol. The van der Waals surface area contributed by atoms with Gasteiger partial charge in [0.2, 0.25) is 0 Å². The maximum atomic E-state index is 6.11. The van der Waals surface area contributed by atoms with Gasteiger partial charge in [0.25, 0.3) is 0 Å². The van der Waals surface area contributed by atoms with Crippen molar-refractivity contribution in [3.8, 4) is 0 Å². The van der Waals surface area contributed by atoms with E-state index in [-0.39, 0.29) is 0 Å². The molecule has 0 saturated heterocycles. The minimum absolute atomic E-state index is 0.365. The number of hydrogen-bond acceptors (Lipinski definition) is 3. The fourth-order valence-corrected chi connectivity index (χ4v) is 2.94. The first kappa shape index (κ1) is 13.3. The molecule has 0 heterocycles. The molecule has 15 heavy (non-hydrogen) atoms. The van der Waals surface area contributed by atoms with E-state index in [9.17, 15) is 0 Å². The van der Waals surface area contributed by atoms with E-state index in [1.54, 1.807) is 0 Å². The molecular formula is C12H26N2S. The standard InChI is InChI=1S/C12H26N2S/c1-14(10-11(13)8-9-15-2)12-6-4-3-5-7-12/h11-12H,3-10,13H2,1-2H3/t11-/m1/s1. The lowest BCUT2D eigenvalue weighted by Crippen LogP contribution is -2.42. The second-order valence-corrected chi connectivity index (χ2v) is 5.76. The Labute approximate surface area is 99.0 Å². The number of likely N-dealkylation sites (N-methyl/N-ethyl adjacent to an activating group) is 1. The first-order valence-corrected chi connectivity index (χ1v) is 7.58. The summed E-state index contributed by atoms with van der Waals surface area (Å²) in [5.41, 5.74) is 6.11. The van der Waals surface area contributed by atoms with Crippen LogP contribution in [0.4, 0.5) is 0 Å². The van der Waals surface area contributed by atoms with Crippen LogP contribution in [0.1, 0.15) is 38.5 Å². The van der Waals surface area contributed by atoms with Crippen molar-refractivity contribution in [2.75, 3.05) is 25.6 Å². The second-order valence-electron chi connectivity index (χ2n) is 4.77. The van der Waals surface area contributed by atoms with Gasteiger partial charge in [-0.25, -0.2) is 0 Å². The molecule has 3 heteroatoms. The maximum Gasteiger partial charge on any atom is 0.0175 e. The van der Waals surface area contributed by atoms with Gasteiger partial charge in [-0.2, -0.15) is 11.8 Å². The molecule has 0 radical (unpaired) electrons. The number of nitrogens with zero attached hydrogens (tertiary/aromatic N) is 1. The van der Waals surface area contributed by atoms with Crippen molar-refractivity contribution in [3.05, 3.63) is 0 Å². The van der Waals surface area contributed by atoms with Crippen molar-refractivity contribution < 1.29 is 0 Å². The van der Waals surface area contributed by atoms with E-state index in [0.29, 0.717) is 6.04 Å². The van der Waals surface area contributed by atoms with E-state index in [1.165, 1.54) is 37.9 Å². The third-order valence-corrected chi connectivity index (χ3v) is 4.06. The van der Waals surface area contributed by atoms with Crippen LogP contribution in [0.25, 0.3) is 0 Å². The minimum Gasteiger partial charge on any atom is -0.327 e. The van der Waals surface area contributed by atoms with Crippen LogP contribution in [-0.4, -0.2) is 42.6 Å². The first-order valence-electron chi connectivity index (χ1n) is 6.18. The minimum atomic E-state index is 0.365. The highest BCUT2D eigenvalue weighted by molar-refractivity contribution is 7.98. The molecule has 0 amide bonds. The van der Waals surface area contributed by atoms with Crippen LogP contribution >= 0.6 is 11.8 Å². The highest BCUT2D eigenvalue weighted by atomic mass is 32.2. The monoisotopic (exact) mass is 230 g/mol. The molecule has 1 atom stereocenters. The van der Waals surface area contributed by atoms with Gasteiger partial charge >= 0.3 is 0 Å². The van der Waals surface area contributed by atoms with Crippen molar-refractivity contribution in [2.45, 2.75) is 50.6 Å². The van der Waals surface area contributed by atoms with Gasteiger partial charge in [0, 0.05) is 18.6 Å². The van der Waals surface area contributed by atoms with Gasteiger partial charge < -0.3 is 10.6 Å². The lowest BCUT2D eigenvalue weighted by Gasteiger charge is -2.32. The zero-order valence-corrected chi connectivity index (χ0v) is 11.1. The van der Waals surface area contributed by atoms with Crippen LogP contribution < -0.4 is 5.73 Å². The molecule has 2 nitrogen and oxygen atoms in total. The Balaban J connectivity index is 2.17. The fourth-order valence-electron chi connectivity index (χ4n) is 2.40. The molecule has 0 aromatic rings. The van der Waals surface area contributed by atoms with Crippen molar-refractivity contribution >= 4 is 11.8 Å². The van der Waals surface area contributed by atoms with E-state index in [2.05, 4.69) is 18.2 Å². The smallest absolute Gasteiger partial charge is 0.0175 e. The van der Waals surface area contributed by atoms with Crippen molar-refractivity contribution in [1.82, 2.24) is 4.90 Å². The lowest BCUT2D eigenvalue weighted by atomic mass is 9.94. The summed E-state index contributed by atoms with van der Waals surface area (Å²) in [6, 6.07) is 1.17. The van der Waals surface area contributed by atoms with E-state index >= 15 is 0 Å². The highest BCUT2D eigenvalue weighted by Crippen LogP contribution is 2.21. The fraction of sp³-hybridized carbons (Fsp3) is 1.00. The summed E-state index contributed by atoms with van der Waals surface area (Å²) in [5, 5.41) is 0. The zero-order valence-electron chi connectivity index (χ0n) is 10.2. The second kappa shape index (κ2) is 7.53. The lowest BCUT2D eigenvalue weighted by molar-refractivity contribution is 0.181. The Morgan fingerprint density at radius 3 is 2.60 bits per heavy atom. The van der Waals surface area contributed by atoms with Gasteiger partial charge in [0.15, 0.2) is 0 Å². The van der Waals surface area contributed by atoms with Crippen LogP contribution in [-0.2, 0) is 0 Å². The quantitative estimate of drug-likeness (QED) is 0.759. The Kier molecular flexibility index (Phi) is 6.69. The largest absolute Gasteiger partial charge is 0.327 e. The molecule has 0 aromatic carbocycles. The van der Waals surface area contributed by atoms with Crippen molar-refractivity contribution in [3.63, 3.8) is 0 Å². The van der Waals surface area contributed by atoms with Crippen LogP contribution in [0.15, 0.2) is 0 Å². The number of nitrogens with two attached hydrogens (primary N) is 1. The molecule has 2 N–H and O–H groups in total. The van der Waals surface area contributed by atoms with Gasteiger partial charge in [-0.1, -0.05) is 19.3 Å². The summed E-state index contributed by atoms with van der Waals surface area (Å²) in [6.45, 7) is 1.07. The topological polar surface area (TPSA) is 29.3 Å². The molecule has 1 saturated carbocycles. The number of rotatable bonds is 6. The third kappa shape index (κ3) is 5.23. The molecule has 0 aliphatic heterocycles. The summed E-state index contributed by atoms with van der Waals surface area (Å²) < 4.78 is 0. The summed E-state index contributed by atoms with van der Waals surface area (Å²) in [7, 11) is 2.24. The number of thioether (sulfide) groups is 1. The molecule has 1 aliphatic carbocycles. The predicted octanol–water partition coefficient (Wildman–Crippen LogP) is 2.33.